The summed E-state index contributed by atoms with van der Waals surface area (Å²) in [7, 11) is 0. The Hall–Kier alpha value is -3.29. The number of carbonyl (C=O) groups excluding carboxylic acids is 1. The summed E-state index contributed by atoms with van der Waals surface area (Å²) in [5.41, 5.74) is 2.40. The molecule has 0 saturated heterocycles. The lowest BCUT2D eigenvalue weighted by atomic mass is 10.0. The van der Waals surface area contributed by atoms with Crippen LogP contribution in [0.1, 0.15) is 24.5 Å². The van der Waals surface area contributed by atoms with Crippen LogP contribution in [-0.4, -0.2) is 42.6 Å². The van der Waals surface area contributed by atoms with Crippen molar-refractivity contribution in [2.24, 2.45) is 5.16 Å². The van der Waals surface area contributed by atoms with Crippen LogP contribution >= 0.6 is 0 Å². The molecule has 29 heavy (non-hydrogen) atoms. The quantitative estimate of drug-likeness (QED) is 0.809. The summed E-state index contributed by atoms with van der Waals surface area (Å²) in [6, 6.07) is 11.6. The van der Waals surface area contributed by atoms with Crippen molar-refractivity contribution in [3.8, 4) is 11.5 Å². The molecule has 0 spiro atoms. The fourth-order valence-corrected chi connectivity index (χ4v) is 3.36. The van der Waals surface area contributed by atoms with Gasteiger partial charge in [-0.3, -0.25) is 0 Å². The summed E-state index contributed by atoms with van der Waals surface area (Å²) in [5.74, 6) is 1.06. The molecule has 2 amide bonds. The average molecular weight is 399 g/mol. The Morgan fingerprint density at radius 1 is 1.24 bits per heavy atom. The number of nitrogens with one attached hydrogen (secondary N) is 1. The highest BCUT2D eigenvalue weighted by Gasteiger charge is 2.28. The Morgan fingerprint density at radius 3 is 2.93 bits per heavy atom. The summed E-state index contributed by atoms with van der Waals surface area (Å²) in [6.45, 7) is 3.18. The van der Waals surface area contributed by atoms with Crippen LogP contribution in [0.2, 0.25) is 0 Å². The van der Waals surface area contributed by atoms with E-state index in [1.165, 1.54) is 12.1 Å². The van der Waals surface area contributed by atoms with Gasteiger partial charge in [-0.2, -0.15) is 0 Å². The molecule has 0 aliphatic carbocycles. The van der Waals surface area contributed by atoms with Crippen molar-refractivity contribution < 1.29 is 23.5 Å². The minimum absolute atomic E-state index is 0.214. The third kappa shape index (κ3) is 4.42. The minimum Gasteiger partial charge on any atom is -0.454 e. The second kappa shape index (κ2) is 8.38. The Bertz CT molecular complexity index is 934. The summed E-state index contributed by atoms with van der Waals surface area (Å²) in [5, 5.41) is 6.99. The minimum atomic E-state index is -0.330. The van der Waals surface area contributed by atoms with Gasteiger partial charge in [0.25, 0.3) is 0 Å². The maximum absolute atomic E-state index is 13.5. The lowest BCUT2D eigenvalue weighted by Crippen LogP contribution is -2.43. The number of oxime groups is 1. The smallest absolute Gasteiger partial charge is 0.317 e. The fraction of sp³-hybridized carbons (Fsp3) is 0.333. The molecular weight excluding hydrogens is 377 g/mol. The van der Waals surface area contributed by atoms with E-state index in [4.69, 9.17) is 14.3 Å². The van der Waals surface area contributed by atoms with E-state index >= 15 is 0 Å². The zero-order chi connectivity index (χ0) is 20.2. The third-order valence-electron chi connectivity index (χ3n) is 4.74. The number of carbonyl (C=O) groups is 1. The first-order chi connectivity index (χ1) is 14.1. The fourth-order valence-electron chi connectivity index (χ4n) is 3.36. The van der Waals surface area contributed by atoms with E-state index < -0.39 is 0 Å². The molecule has 2 aromatic rings. The van der Waals surface area contributed by atoms with Crippen molar-refractivity contribution in [1.29, 1.82) is 0 Å². The number of hydrogen-bond acceptors (Lipinski definition) is 5. The molecule has 1 N–H and O–H groups in total. The molecule has 0 aromatic heterocycles. The Balaban J connectivity index is 1.42. The summed E-state index contributed by atoms with van der Waals surface area (Å²) in [4.78, 5) is 19.7. The second-order valence-corrected chi connectivity index (χ2v) is 6.88. The number of benzene rings is 2. The molecule has 152 valence electrons. The Morgan fingerprint density at radius 2 is 2.10 bits per heavy atom. The zero-order valence-electron chi connectivity index (χ0n) is 16.1. The third-order valence-corrected chi connectivity index (χ3v) is 4.74. The van der Waals surface area contributed by atoms with Gasteiger partial charge in [-0.15, -0.1) is 0 Å². The molecule has 0 radical (unpaired) electrons. The normalized spacial score (nSPS) is 16.9. The van der Waals surface area contributed by atoms with Gasteiger partial charge in [0, 0.05) is 25.1 Å². The monoisotopic (exact) mass is 399 g/mol. The van der Waals surface area contributed by atoms with Crippen LogP contribution in [0.25, 0.3) is 0 Å². The van der Waals surface area contributed by atoms with Crippen molar-refractivity contribution in [3.05, 3.63) is 59.4 Å². The average Bonchev–Trinajstić information content (AvgIpc) is 3.36. The van der Waals surface area contributed by atoms with Crippen LogP contribution in [0.5, 0.6) is 11.5 Å². The lowest BCUT2D eigenvalue weighted by molar-refractivity contribution is 0.0590. The number of amides is 2. The first kappa shape index (κ1) is 19.0. The largest absolute Gasteiger partial charge is 0.454 e. The standard InChI is InChI=1S/C21H22FN3O4/c1-2-23-21(26)25(11-14-4-3-5-16(22)8-14)12-17-10-18(24-29-17)15-6-7-19-20(9-15)28-13-27-19/h3-9,17H,2,10-13H2,1H3,(H,23,26)/t17-/m0/s1. The zero-order valence-corrected chi connectivity index (χ0v) is 16.1. The van der Waals surface area contributed by atoms with Gasteiger partial charge < -0.3 is 24.5 Å². The number of fused-ring (bicyclic) bond motifs is 1. The van der Waals surface area contributed by atoms with E-state index in [1.807, 2.05) is 25.1 Å². The molecule has 0 bridgehead atoms. The van der Waals surface area contributed by atoms with E-state index in [-0.39, 0.29) is 31.3 Å². The molecule has 2 aliphatic rings. The van der Waals surface area contributed by atoms with Crippen molar-refractivity contribution >= 4 is 11.7 Å². The molecule has 0 fully saturated rings. The highest BCUT2D eigenvalue weighted by molar-refractivity contribution is 6.01. The number of urea groups is 1. The highest BCUT2D eigenvalue weighted by Crippen LogP contribution is 2.33. The van der Waals surface area contributed by atoms with Crippen LogP contribution in [0.4, 0.5) is 9.18 Å². The Labute approximate surface area is 168 Å². The number of rotatable bonds is 6. The second-order valence-electron chi connectivity index (χ2n) is 6.88. The molecule has 8 heteroatoms. The molecule has 2 aromatic carbocycles. The maximum atomic E-state index is 13.5. The van der Waals surface area contributed by atoms with Crippen molar-refractivity contribution in [2.75, 3.05) is 19.9 Å². The van der Waals surface area contributed by atoms with Crippen LogP contribution in [0.3, 0.4) is 0 Å². The molecule has 7 nitrogen and oxygen atoms in total. The SMILES string of the molecule is CCNC(=O)N(Cc1cccc(F)c1)C[C@@H]1CC(c2ccc3c(c2)OCO3)=NO1. The van der Waals surface area contributed by atoms with Crippen LogP contribution < -0.4 is 14.8 Å². The van der Waals surface area contributed by atoms with Crippen LogP contribution in [0.15, 0.2) is 47.6 Å². The van der Waals surface area contributed by atoms with E-state index in [9.17, 15) is 9.18 Å². The number of hydrogen-bond donors (Lipinski definition) is 1. The van der Waals surface area contributed by atoms with Crippen molar-refractivity contribution in [1.82, 2.24) is 10.2 Å². The number of nitrogens with zero attached hydrogens (tertiary/aromatic N) is 2. The maximum Gasteiger partial charge on any atom is 0.317 e. The van der Waals surface area contributed by atoms with Gasteiger partial charge in [0.2, 0.25) is 6.79 Å². The molecular formula is C21H22FN3O4. The predicted molar refractivity (Wildman–Crippen MR) is 104 cm³/mol. The molecule has 1 atom stereocenters. The summed E-state index contributed by atoms with van der Waals surface area (Å²) < 4.78 is 24.3. The summed E-state index contributed by atoms with van der Waals surface area (Å²) >= 11 is 0. The first-order valence-electron chi connectivity index (χ1n) is 9.52. The topological polar surface area (TPSA) is 72.4 Å². The van der Waals surface area contributed by atoms with Crippen LogP contribution in [-0.2, 0) is 11.4 Å². The van der Waals surface area contributed by atoms with Gasteiger partial charge in [0.05, 0.1) is 12.3 Å². The molecule has 0 saturated carbocycles. The first-order valence-corrected chi connectivity index (χ1v) is 9.52. The molecule has 0 unspecified atom stereocenters. The number of halogens is 1. The van der Waals surface area contributed by atoms with E-state index in [2.05, 4.69) is 10.5 Å². The highest BCUT2D eigenvalue weighted by atomic mass is 19.1. The van der Waals surface area contributed by atoms with Gasteiger partial charge in [0.1, 0.15) is 5.82 Å². The van der Waals surface area contributed by atoms with Gasteiger partial charge >= 0.3 is 6.03 Å². The van der Waals surface area contributed by atoms with Crippen molar-refractivity contribution in [3.63, 3.8) is 0 Å². The summed E-state index contributed by atoms with van der Waals surface area (Å²) in [6.07, 6.45) is 0.269. The predicted octanol–water partition coefficient (Wildman–Crippen LogP) is 3.28. The van der Waals surface area contributed by atoms with Crippen LogP contribution in [0, 0.1) is 5.82 Å². The molecule has 4 rings (SSSR count). The van der Waals surface area contributed by atoms with E-state index in [1.54, 1.807) is 17.0 Å². The van der Waals surface area contributed by atoms with Gasteiger partial charge in [-0.1, -0.05) is 17.3 Å². The number of ether oxygens (including phenoxy) is 2. The Kier molecular flexibility index (Phi) is 5.50. The van der Waals surface area contributed by atoms with E-state index in [0.717, 1.165) is 11.3 Å². The van der Waals surface area contributed by atoms with Gasteiger partial charge in [-0.05, 0) is 42.8 Å². The molecule has 2 aliphatic heterocycles. The van der Waals surface area contributed by atoms with E-state index in [0.29, 0.717) is 36.6 Å². The van der Waals surface area contributed by atoms with Gasteiger partial charge in [-0.25, -0.2) is 9.18 Å². The van der Waals surface area contributed by atoms with Gasteiger partial charge in [0.15, 0.2) is 17.6 Å². The van der Waals surface area contributed by atoms with Crippen molar-refractivity contribution in [2.45, 2.75) is 26.0 Å². The molecule has 2 heterocycles. The lowest BCUT2D eigenvalue weighted by Gasteiger charge is -2.25.